The van der Waals surface area contributed by atoms with Crippen molar-refractivity contribution in [1.82, 2.24) is 0 Å². The molecule has 0 bridgehead atoms. The third-order valence-electron chi connectivity index (χ3n) is 1.78. The second-order valence-electron chi connectivity index (χ2n) is 2.98. The summed E-state index contributed by atoms with van der Waals surface area (Å²) < 4.78 is 0. The highest BCUT2D eigenvalue weighted by molar-refractivity contribution is 5.25. The summed E-state index contributed by atoms with van der Waals surface area (Å²) in [6, 6.07) is 8.14. The van der Waals surface area contributed by atoms with Gasteiger partial charge < -0.3 is 5.11 Å². The third-order valence-corrected chi connectivity index (χ3v) is 1.78. The minimum atomic E-state index is -0.240. The maximum absolute atomic E-state index is 9.13. The highest BCUT2D eigenvalue weighted by Crippen LogP contribution is 2.08. The van der Waals surface area contributed by atoms with Crippen molar-refractivity contribution in [2.45, 2.75) is 26.4 Å². The van der Waals surface area contributed by atoms with Crippen molar-refractivity contribution in [3.8, 4) is 0 Å². The van der Waals surface area contributed by atoms with Gasteiger partial charge in [-0.05, 0) is 31.4 Å². The van der Waals surface area contributed by atoms with Crippen LogP contribution in [-0.4, -0.2) is 11.2 Å². The number of rotatable bonds is 2. The Labute approximate surface area is 67.7 Å². The number of hydrogen-bond acceptors (Lipinski definition) is 1. The van der Waals surface area contributed by atoms with Crippen molar-refractivity contribution in [2.24, 2.45) is 0 Å². The molecule has 0 aliphatic heterocycles. The Morgan fingerprint density at radius 1 is 1.36 bits per heavy atom. The van der Waals surface area contributed by atoms with E-state index in [0.29, 0.717) is 0 Å². The average molecular weight is 150 g/mol. The molecular weight excluding hydrogens is 136 g/mol. The molecule has 1 atom stereocenters. The van der Waals surface area contributed by atoms with E-state index in [1.807, 2.05) is 19.1 Å². The molecule has 11 heavy (non-hydrogen) atoms. The zero-order valence-corrected chi connectivity index (χ0v) is 7.04. The monoisotopic (exact) mass is 150 g/mol. The molecule has 0 unspecified atom stereocenters. The van der Waals surface area contributed by atoms with Crippen LogP contribution in [0.2, 0.25) is 0 Å². The molecule has 1 N–H and O–H groups in total. The van der Waals surface area contributed by atoms with Gasteiger partial charge in [0.25, 0.3) is 0 Å². The number of aliphatic hydroxyl groups is 1. The van der Waals surface area contributed by atoms with Crippen molar-refractivity contribution in [1.29, 1.82) is 0 Å². The summed E-state index contributed by atoms with van der Waals surface area (Å²) in [5.41, 5.74) is 2.50. The van der Waals surface area contributed by atoms with Crippen LogP contribution in [0.3, 0.4) is 0 Å². The minimum absolute atomic E-state index is 0.240. The Morgan fingerprint density at radius 3 is 2.55 bits per heavy atom. The molecule has 0 amide bonds. The molecule has 0 saturated heterocycles. The van der Waals surface area contributed by atoms with Crippen LogP contribution in [0.15, 0.2) is 24.3 Å². The van der Waals surface area contributed by atoms with Crippen LogP contribution >= 0.6 is 0 Å². The molecule has 0 aliphatic rings. The van der Waals surface area contributed by atoms with Gasteiger partial charge in [0.1, 0.15) is 0 Å². The summed E-state index contributed by atoms with van der Waals surface area (Å²) in [4.78, 5) is 0. The zero-order chi connectivity index (χ0) is 8.27. The van der Waals surface area contributed by atoms with Gasteiger partial charge in [-0.1, -0.05) is 24.3 Å². The molecule has 0 spiro atoms. The number of benzene rings is 1. The Kier molecular flexibility index (Phi) is 2.66. The first-order chi connectivity index (χ1) is 5.20. The largest absolute Gasteiger partial charge is 0.393 e. The Bertz CT molecular complexity index is 228. The predicted molar refractivity (Wildman–Crippen MR) is 46.6 cm³/mol. The van der Waals surface area contributed by atoms with Gasteiger partial charge in [-0.15, -0.1) is 0 Å². The second kappa shape index (κ2) is 3.54. The lowest BCUT2D eigenvalue weighted by atomic mass is 10.0. The average Bonchev–Trinajstić information content (AvgIpc) is 1.93. The summed E-state index contributed by atoms with van der Waals surface area (Å²) in [7, 11) is 0. The molecule has 0 heterocycles. The quantitative estimate of drug-likeness (QED) is 0.683. The first kappa shape index (κ1) is 8.28. The maximum Gasteiger partial charge on any atom is 0.0552 e. The molecular formula is C10H14O. The maximum atomic E-state index is 9.13. The standard InChI is InChI=1S/C10H14O/c1-8-5-3-4-6-10(8)7-9(2)11/h3-6,9,11H,7H2,1-2H3/t9-/m1/s1. The van der Waals surface area contributed by atoms with E-state index in [0.717, 1.165) is 6.42 Å². The Balaban J connectivity index is 2.78. The Morgan fingerprint density at radius 2 is 2.00 bits per heavy atom. The van der Waals surface area contributed by atoms with E-state index in [-0.39, 0.29) is 6.10 Å². The molecule has 1 nitrogen and oxygen atoms in total. The summed E-state index contributed by atoms with van der Waals surface area (Å²) in [6.45, 7) is 3.88. The van der Waals surface area contributed by atoms with Crippen LogP contribution in [0.4, 0.5) is 0 Å². The van der Waals surface area contributed by atoms with Crippen LogP contribution in [0.5, 0.6) is 0 Å². The summed E-state index contributed by atoms with van der Waals surface area (Å²) >= 11 is 0. The van der Waals surface area contributed by atoms with Crippen molar-refractivity contribution < 1.29 is 5.11 Å². The highest BCUT2D eigenvalue weighted by Gasteiger charge is 2.00. The van der Waals surface area contributed by atoms with Crippen LogP contribution in [0, 0.1) is 6.92 Å². The van der Waals surface area contributed by atoms with Crippen molar-refractivity contribution in [3.63, 3.8) is 0 Å². The van der Waals surface area contributed by atoms with Crippen LogP contribution in [0.1, 0.15) is 18.1 Å². The van der Waals surface area contributed by atoms with E-state index < -0.39 is 0 Å². The molecule has 0 aromatic heterocycles. The van der Waals surface area contributed by atoms with E-state index in [1.54, 1.807) is 0 Å². The summed E-state index contributed by atoms with van der Waals surface area (Å²) in [6.07, 6.45) is 0.517. The SMILES string of the molecule is Cc1ccccc1C[C@@H](C)O. The smallest absolute Gasteiger partial charge is 0.0552 e. The lowest BCUT2D eigenvalue weighted by Crippen LogP contribution is -2.05. The fourth-order valence-electron chi connectivity index (χ4n) is 1.16. The molecule has 0 saturated carbocycles. The normalized spacial score (nSPS) is 13.0. The fraction of sp³-hybridized carbons (Fsp3) is 0.400. The van der Waals surface area contributed by atoms with E-state index >= 15 is 0 Å². The molecule has 1 aromatic carbocycles. The summed E-state index contributed by atoms with van der Waals surface area (Å²) in [5, 5.41) is 9.13. The summed E-state index contributed by atoms with van der Waals surface area (Å²) in [5.74, 6) is 0. The van der Waals surface area contributed by atoms with Crippen LogP contribution < -0.4 is 0 Å². The molecule has 0 fully saturated rings. The van der Waals surface area contributed by atoms with Gasteiger partial charge in [-0.3, -0.25) is 0 Å². The molecule has 1 rings (SSSR count). The van der Waals surface area contributed by atoms with E-state index in [1.165, 1.54) is 11.1 Å². The van der Waals surface area contributed by atoms with Gasteiger partial charge >= 0.3 is 0 Å². The van der Waals surface area contributed by atoms with Gasteiger partial charge in [-0.25, -0.2) is 0 Å². The van der Waals surface area contributed by atoms with E-state index in [4.69, 9.17) is 5.11 Å². The predicted octanol–water partition coefficient (Wildman–Crippen LogP) is 1.92. The molecule has 0 radical (unpaired) electrons. The molecule has 60 valence electrons. The minimum Gasteiger partial charge on any atom is -0.393 e. The number of hydrogen-bond donors (Lipinski definition) is 1. The first-order valence-corrected chi connectivity index (χ1v) is 3.92. The van der Waals surface area contributed by atoms with E-state index in [2.05, 4.69) is 19.1 Å². The van der Waals surface area contributed by atoms with Gasteiger partial charge in [0.05, 0.1) is 6.10 Å². The molecule has 1 heteroatoms. The van der Waals surface area contributed by atoms with E-state index in [9.17, 15) is 0 Å². The Hall–Kier alpha value is -0.820. The third kappa shape index (κ3) is 2.35. The second-order valence-corrected chi connectivity index (χ2v) is 2.98. The van der Waals surface area contributed by atoms with Gasteiger partial charge in [-0.2, -0.15) is 0 Å². The lowest BCUT2D eigenvalue weighted by molar-refractivity contribution is 0.195. The number of aliphatic hydroxyl groups excluding tert-OH is 1. The zero-order valence-electron chi connectivity index (χ0n) is 7.04. The van der Waals surface area contributed by atoms with Gasteiger partial charge in [0.2, 0.25) is 0 Å². The number of aryl methyl sites for hydroxylation is 1. The van der Waals surface area contributed by atoms with Crippen LogP contribution in [0.25, 0.3) is 0 Å². The highest BCUT2D eigenvalue weighted by atomic mass is 16.3. The van der Waals surface area contributed by atoms with Crippen LogP contribution in [-0.2, 0) is 6.42 Å². The molecule has 1 aromatic rings. The fourth-order valence-corrected chi connectivity index (χ4v) is 1.16. The molecule has 0 aliphatic carbocycles. The van der Waals surface area contributed by atoms with Gasteiger partial charge in [0.15, 0.2) is 0 Å². The van der Waals surface area contributed by atoms with Crippen molar-refractivity contribution in [3.05, 3.63) is 35.4 Å². The topological polar surface area (TPSA) is 20.2 Å². The van der Waals surface area contributed by atoms with Gasteiger partial charge in [0, 0.05) is 0 Å². The lowest BCUT2D eigenvalue weighted by Gasteiger charge is -2.06. The van der Waals surface area contributed by atoms with Crippen molar-refractivity contribution in [2.75, 3.05) is 0 Å². The van der Waals surface area contributed by atoms with Crippen molar-refractivity contribution >= 4 is 0 Å². The first-order valence-electron chi connectivity index (χ1n) is 3.92.